The van der Waals surface area contributed by atoms with Crippen molar-refractivity contribution in [3.05, 3.63) is 23.8 Å². The van der Waals surface area contributed by atoms with Crippen molar-refractivity contribution in [3.63, 3.8) is 0 Å². The lowest BCUT2D eigenvalue weighted by Gasteiger charge is -2.11. The SMILES string of the molecule is O=C(CO)c1cc(OCCCO)cc(OCCCO)c1. The van der Waals surface area contributed by atoms with E-state index >= 15 is 0 Å². The summed E-state index contributed by atoms with van der Waals surface area (Å²) in [7, 11) is 0. The average molecular weight is 284 g/mol. The van der Waals surface area contributed by atoms with Crippen LogP contribution in [-0.2, 0) is 0 Å². The number of ether oxygens (including phenoxy) is 2. The minimum absolute atomic E-state index is 0.0229. The number of benzene rings is 1. The molecule has 0 unspecified atom stereocenters. The number of hydrogen-bond acceptors (Lipinski definition) is 6. The molecule has 0 fully saturated rings. The lowest BCUT2D eigenvalue weighted by atomic mass is 10.1. The molecule has 0 aliphatic carbocycles. The number of hydrogen-bond donors (Lipinski definition) is 3. The molecule has 0 aliphatic heterocycles. The van der Waals surface area contributed by atoms with E-state index in [-0.39, 0.29) is 13.2 Å². The van der Waals surface area contributed by atoms with Crippen LogP contribution in [0.4, 0.5) is 0 Å². The Morgan fingerprint density at radius 2 is 1.40 bits per heavy atom. The van der Waals surface area contributed by atoms with E-state index in [1.54, 1.807) is 6.07 Å². The average Bonchev–Trinajstić information content (AvgIpc) is 2.47. The van der Waals surface area contributed by atoms with E-state index in [2.05, 4.69) is 0 Å². The molecule has 6 heteroatoms. The van der Waals surface area contributed by atoms with Crippen molar-refractivity contribution in [2.45, 2.75) is 12.8 Å². The van der Waals surface area contributed by atoms with Gasteiger partial charge in [0.25, 0.3) is 0 Å². The van der Waals surface area contributed by atoms with E-state index in [9.17, 15) is 4.79 Å². The maximum absolute atomic E-state index is 11.5. The predicted octanol–water partition coefficient (Wildman–Crippen LogP) is 0.384. The number of rotatable bonds is 10. The summed E-state index contributed by atoms with van der Waals surface area (Å²) in [6.45, 7) is 0.104. The monoisotopic (exact) mass is 284 g/mol. The molecule has 1 aromatic carbocycles. The zero-order valence-corrected chi connectivity index (χ0v) is 11.2. The molecule has 1 rings (SSSR count). The van der Waals surface area contributed by atoms with Crippen LogP contribution in [0.3, 0.4) is 0 Å². The van der Waals surface area contributed by atoms with Crippen LogP contribution in [0.2, 0.25) is 0 Å². The third-order valence-electron chi connectivity index (χ3n) is 2.49. The molecule has 20 heavy (non-hydrogen) atoms. The fourth-order valence-electron chi connectivity index (χ4n) is 1.50. The highest BCUT2D eigenvalue weighted by Crippen LogP contribution is 2.23. The molecule has 0 bridgehead atoms. The molecular formula is C14H20O6. The van der Waals surface area contributed by atoms with Crippen LogP contribution in [0.15, 0.2) is 18.2 Å². The standard InChI is InChI=1S/C14H20O6/c15-3-1-5-19-12-7-11(14(18)10-17)8-13(9-12)20-6-2-4-16/h7-9,15-17H,1-6,10H2. The highest BCUT2D eigenvalue weighted by atomic mass is 16.5. The Morgan fingerprint density at radius 3 is 1.80 bits per heavy atom. The second-order valence-corrected chi connectivity index (χ2v) is 4.13. The van der Waals surface area contributed by atoms with Gasteiger partial charge in [0, 0.05) is 37.7 Å². The first-order valence-electron chi connectivity index (χ1n) is 6.47. The van der Waals surface area contributed by atoms with Gasteiger partial charge in [0.2, 0.25) is 0 Å². The Labute approximate surface area is 117 Å². The Hall–Kier alpha value is -1.63. The van der Waals surface area contributed by atoms with Gasteiger partial charge in [-0.3, -0.25) is 4.79 Å². The van der Waals surface area contributed by atoms with Crippen molar-refractivity contribution in [1.82, 2.24) is 0 Å². The molecule has 112 valence electrons. The van der Waals surface area contributed by atoms with Crippen molar-refractivity contribution in [3.8, 4) is 11.5 Å². The molecule has 6 nitrogen and oxygen atoms in total. The quantitative estimate of drug-likeness (QED) is 0.425. The molecule has 0 amide bonds. The number of Topliss-reactive ketones (excluding diaryl/α,β-unsaturated/α-hetero) is 1. The molecule has 0 saturated heterocycles. The Bertz CT molecular complexity index is 390. The lowest BCUT2D eigenvalue weighted by Crippen LogP contribution is -2.07. The van der Waals surface area contributed by atoms with Gasteiger partial charge >= 0.3 is 0 Å². The van der Waals surface area contributed by atoms with E-state index in [4.69, 9.17) is 24.8 Å². The summed E-state index contributed by atoms with van der Waals surface area (Å²) in [4.78, 5) is 11.5. The minimum atomic E-state index is -0.587. The van der Waals surface area contributed by atoms with E-state index in [0.29, 0.717) is 43.1 Å². The fourth-order valence-corrected chi connectivity index (χ4v) is 1.50. The normalized spacial score (nSPS) is 10.3. The summed E-state index contributed by atoms with van der Waals surface area (Å²) >= 11 is 0. The van der Waals surface area contributed by atoms with Crippen molar-refractivity contribution in [2.75, 3.05) is 33.0 Å². The van der Waals surface area contributed by atoms with Gasteiger partial charge in [0.15, 0.2) is 5.78 Å². The summed E-state index contributed by atoms with van der Waals surface area (Å²) in [5, 5.41) is 26.3. The number of carbonyl (C=O) groups is 1. The lowest BCUT2D eigenvalue weighted by molar-refractivity contribution is 0.0902. The first-order chi connectivity index (χ1) is 9.71. The van der Waals surface area contributed by atoms with Crippen LogP contribution >= 0.6 is 0 Å². The molecule has 0 aromatic heterocycles. The van der Waals surface area contributed by atoms with Gasteiger partial charge in [0.1, 0.15) is 18.1 Å². The van der Waals surface area contributed by atoms with E-state index in [1.807, 2.05) is 0 Å². The largest absolute Gasteiger partial charge is 0.493 e. The highest BCUT2D eigenvalue weighted by molar-refractivity contribution is 5.97. The summed E-state index contributed by atoms with van der Waals surface area (Å²) in [5.41, 5.74) is 0.299. The van der Waals surface area contributed by atoms with Crippen molar-refractivity contribution < 1.29 is 29.6 Å². The van der Waals surface area contributed by atoms with Crippen LogP contribution < -0.4 is 9.47 Å². The molecule has 0 aliphatic rings. The molecule has 3 N–H and O–H groups in total. The highest BCUT2D eigenvalue weighted by Gasteiger charge is 2.09. The third-order valence-corrected chi connectivity index (χ3v) is 2.49. The fraction of sp³-hybridized carbons (Fsp3) is 0.500. The maximum atomic E-state index is 11.5. The van der Waals surface area contributed by atoms with Gasteiger partial charge in [0.05, 0.1) is 13.2 Å². The first-order valence-corrected chi connectivity index (χ1v) is 6.47. The van der Waals surface area contributed by atoms with E-state index < -0.39 is 12.4 Å². The second-order valence-electron chi connectivity index (χ2n) is 4.13. The van der Waals surface area contributed by atoms with Crippen molar-refractivity contribution in [2.24, 2.45) is 0 Å². The Kier molecular flexibility index (Phi) is 7.64. The zero-order chi connectivity index (χ0) is 14.8. The van der Waals surface area contributed by atoms with Crippen LogP contribution in [0, 0.1) is 0 Å². The van der Waals surface area contributed by atoms with Crippen LogP contribution in [-0.4, -0.2) is 54.1 Å². The van der Waals surface area contributed by atoms with Gasteiger partial charge < -0.3 is 24.8 Å². The number of ketones is 1. The molecule has 0 spiro atoms. The van der Waals surface area contributed by atoms with Crippen molar-refractivity contribution in [1.29, 1.82) is 0 Å². The molecular weight excluding hydrogens is 264 g/mol. The van der Waals surface area contributed by atoms with Gasteiger partial charge in [-0.15, -0.1) is 0 Å². The summed E-state index contributed by atoms with van der Waals surface area (Å²) in [5.74, 6) is 0.457. The maximum Gasteiger partial charge on any atom is 0.188 e. The molecule has 0 heterocycles. The second kappa shape index (κ2) is 9.30. The zero-order valence-electron chi connectivity index (χ0n) is 11.2. The molecule has 0 radical (unpaired) electrons. The smallest absolute Gasteiger partial charge is 0.188 e. The first kappa shape index (κ1) is 16.4. The number of aliphatic hydroxyl groups excluding tert-OH is 3. The summed E-state index contributed by atoms with van der Waals surface area (Å²) in [6, 6.07) is 4.67. The van der Waals surface area contributed by atoms with Gasteiger partial charge in [-0.25, -0.2) is 0 Å². The van der Waals surface area contributed by atoms with Crippen LogP contribution in [0.5, 0.6) is 11.5 Å². The van der Waals surface area contributed by atoms with Gasteiger partial charge in [-0.05, 0) is 12.1 Å². The summed E-state index contributed by atoms with van der Waals surface area (Å²) < 4.78 is 10.8. The topological polar surface area (TPSA) is 96.2 Å². The van der Waals surface area contributed by atoms with Gasteiger partial charge in [-0.1, -0.05) is 0 Å². The van der Waals surface area contributed by atoms with E-state index in [0.717, 1.165) is 0 Å². The van der Waals surface area contributed by atoms with Crippen molar-refractivity contribution >= 4 is 5.78 Å². The molecule has 1 aromatic rings. The minimum Gasteiger partial charge on any atom is -0.493 e. The van der Waals surface area contributed by atoms with Crippen LogP contribution in [0.1, 0.15) is 23.2 Å². The Balaban J connectivity index is 2.80. The van der Waals surface area contributed by atoms with E-state index in [1.165, 1.54) is 12.1 Å². The third kappa shape index (κ3) is 5.56. The number of carbonyl (C=O) groups excluding carboxylic acids is 1. The number of aliphatic hydroxyl groups is 3. The van der Waals surface area contributed by atoms with Gasteiger partial charge in [-0.2, -0.15) is 0 Å². The van der Waals surface area contributed by atoms with Crippen LogP contribution in [0.25, 0.3) is 0 Å². The summed E-state index contributed by atoms with van der Waals surface area (Å²) in [6.07, 6.45) is 0.970. The molecule has 0 atom stereocenters. The predicted molar refractivity (Wildman–Crippen MR) is 72.3 cm³/mol. The Morgan fingerprint density at radius 1 is 0.900 bits per heavy atom. The molecule has 0 saturated carbocycles.